The van der Waals surface area contributed by atoms with Gasteiger partial charge in [-0.1, -0.05) is 12.8 Å². The molecule has 16 heteroatoms. The number of esters is 1. The van der Waals surface area contributed by atoms with Gasteiger partial charge in [-0.05, 0) is 90.5 Å². The Hall–Kier alpha value is -3.67. The summed E-state index contributed by atoms with van der Waals surface area (Å²) in [5.74, 6) is -0.304. The van der Waals surface area contributed by atoms with E-state index in [1.54, 1.807) is 13.0 Å². The molecule has 0 saturated heterocycles. The Kier molecular flexibility index (Phi) is 18.1. The highest BCUT2D eigenvalue weighted by Crippen LogP contribution is 2.45. The number of unbranched alkanes of at least 4 members (excludes halogenated alkanes) is 6. The van der Waals surface area contributed by atoms with Crippen LogP contribution in [0.5, 0.6) is 0 Å². The lowest BCUT2D eigenvalue weighted by Crippen LogP contribution is -2.34. The quantitative estimate of drug-likeness (QED) is 0.0210. The third-order valence-electron chi connectivity index (χ3n) is 11.9. The van der Waals surface area contributed by atoms with Crippen molar-refractivity contribution in [1.82, 2.24) is 10.6 Å². The Morgan fingerprint density at radius 3 is 1.90 bits per heavy atom. The van der Waals surface area contributed by atoms with Crippen LogP contribution in [-0.2, 0) is 49.4 Å². The van der Waals surface area contributed by atoms with E-state index in [2.05, 4.69) is 63.8 Å². The van der Waals surface area contributed by atoms with Gasteiger partial charge in [0.1, 0.15) is 23.2 Å². The number of hydrogen-bond acceptors (Lipinski definition) is 11. The van der Waals surface area contributed by atoms with E-state index in [-0.39, 0.29) is 28.1 Å². The first kappa shape index (κ1) is 48.0. The Bertz CT molecular complexity index is 1980. The lowest BCUT2D eigenvalue weighted by atomic mass is 9.76. The van der Waals surface area contributed by atoms with E-state index in [4.69, 9.17) is 4.74 Å². The van der Waals surface area contributed by atoms with Crippen LogP contribution in [0, 0.1) is 0 Å². The number of rotatable bonds is 26. The van der Waals surface area contributed by atoms with Crippen molar-refractivity contribution in [1.29, 1.82) is 0 Å². The normalized spacial score (nSPS) is 16.9. The van der Waals surface area contributed by atoms with E-state index in [1.165, 1.54) is 17.8 Å². The van der Waals surface area contributed by atoms with Crippen molar-refractivity contribution in [2.24, 2.45) is 0 Å². The summed E-state index contributed by atoms with van der Waals surface area (Å²) < 4.78 is 49.9. The predicted octanol–water partition coefficient (Wildman–Crippen LogP) is 6.16. The number of carbonyl (C=O) groups is 3. The van der Waals surface area contributed by atoms with Crippen molar-refractivity contribution in [3.8, 4) is 0 Å². The molecule has 0 saturated carbocycles. The molecule has 2 heterocycles. The van der Waals surface area contributed by atoms with Gasteiger partial charge in [-0.3, -0.25) is 19.4 Å². The van der Waals surface area contributed by atoms with Gasteiger partial charge in [-0.15, -0.1) is 0 Å². The summed E-state index contributed by atoms with van der Waals surface area (Å²) in [6.07, 6.45) is 9.16. The highest BCUT2D eigenvalue weighted by molar-refractivity contribution is 7.94. The molecule has 0 aliphatic carbocycles. The van der Waals surface area contributed by atoms with Crippen molar-refractivity contribution in [3.63, 3.8) is 0 Å². The van der Waals surface area contributed by atoms with Crippen LogP contribution in [0.2, 0.25) is 0 Å². The van der Waals surface area contributed by atoms with Gasteiger partial charge in [0.15, 0.2) is 11.4 Å². The summed E-state index contributed by atoms with van der Waals surface area (Å²) in [4.78, 5) is 37.3. The maximum Gasteiger partial charge on any atom is 0.305 e. The number of ether oxygens (including phenoxy) is 1. The molecule has 0 fully saturated rings. The van der Waals surface area contributed by atoms with Gasteiger partial charge in [-0.25, -0.2) is 8.42 Å². The molecular formula is C43H62N4O10S2. The van der Waals surface area contributed by atoms with E-state index in [0.29, 0.717) is 51.9 Å². The van der Waals surface area contributed by atoms with Crippen LogP contribution in [0.25, 0.3) is 0 Å². The summed E-state index contributed by atoms with van der Waals surface area (Å²) in [6.45, 7) is 15.0. The molecule has 2 aliphatic heterocycles. The molecule has 0 radical (unpaired) electrons. The van der Waals surface area contributed by atoms with Gasteiger partial charge in [0.2, 0.25) is 23.2 Å². The number of carbonyl (C=O) groups excluding carboxylic acids is 3. The van der Waals surface area contributed by atoms with Gasteiger partial charge < -0.3 is 25.2 Å². The molecule has 2 aromatic rings. The molecule has 2 aliphatic rings. The second kappa shape index (κ2) is 22.3. The Balaban J connectivity index is 1.13. The SMILES string of the molecule is CCOC(=O)CCCCC[N+]1=C(C)C(C)(CCCCCC(=O)NCCNC(=O)CCCCC[N+]2=C(C)C(C)(C)c3cc(SOO[O-])ccc32)c2cc(S(=O)(=O)[O-])ccc21. The minimum Gasteiger partial charge on any atom is -0.744 e. The number of benzene rings is 2. The van der Waals surface area contributed by atoms with Crippen LogP contribution < -0.4 is 15.9 Å². The van der Waals surface area contributed by atoms with Crippen molar-refractivity contribution in [2.75, 3.05) is 32.8 Å². The third kappa shape index (κ3) is 12.9. The Labute approximate surface area is 354 Å². The molecule has 0 spiro atoms. The number of hydrogen-bond donors (Lipinski definition) is 2. The first-order chi connectivity index (χ1) is 28.0. The van der Waals surface area contributed by atoms with Crippen LogP contribution in [0.4, 0.5) is 11.4 Å². The zero-order chi connectivity index (χ0) is 43.2. The van der Waals surface area contributed by atoms with E-state index >= 15 is 0 Å². The van der Waals surface area contributed by atoms with Crippen LogP contribution >= 0.6 is 12.0 Å². The van der Waals surface area contributed by atoms with E-state index in [0.717, 1.165) is 109 Å². The zero-order valence-electron chi connectivity index (χ0n) is 35.5. The maximum absolute atomic E-state index is 12.6. The summed E-state index contributed by atoms with van der Waals surface area (Å²) >= 11 is 0.887. The van der Waals surface area contributed by atoms with Crippen molar-refractivity contribution in [3.05, 3.63) is 47.5 Å². The predicted molar refractivity (Wildman–Crippen MR) is 223 cm³/mol. The minimum atomic E-state index is -4.63. The van der Waals surface area contributed by atoms with Gasteiger partial charge >= 0.3 is 5.97 Å². The molecule has 1 atom stereocenters. The summed E-state index contributed by atoms with van der Waals surface area (Å²) in [5, 5.41) is 19.5. The first-order valence-electron chi connectivity index (χ1n) is 20.8. The lowest BCUT2D eigenvalue weighted by molar-refractivity contribution is -0.777. The smallest absolute Gasteiger partial charge is 0.305 e. The first-order valence-corrected chi connectivity index (χ1v) is 23.0. The highest BCUT2D eigenvalue weighted by Gasteiger charge is 2.46. The number of nitrogens with one attached hydrogen (secondary N) is 2. The fraction of sp³-hybridized carbons (Fsp3) is 0.605. The Morgan fingerprint density at radius 1 is 0.746 bits per heavy atom. The van der Waals surface area contributed by atoms with Crippen molar-refractivity contribution >= 4 is 62.7 Å². The molecule has 0 bridgehead atoms. The lowest BCUT2D eigenvalue weighted by Gasteiger charge is -2.23. The fourth-order valence-electron chi connectivity index (χ4n) is 8.19. The van der Waals surface area contributed by atoms with Crippen molar-refractivity contribution < 1.29 is 55.9 Å². The molecule has 1 unspecified atom stereocenters. The molecule has 2 amide bonds. The van der Waals surface area contributed by atoms with Crippen LogP contribution in [0.3, 0.4) is 0 Å². The molecule has 4 rings (SSSR count). The van der Waals surface area contributed by atoms with Gasteiger partial charge in [0.05, 0.1) is 34.4 Å². The minimum absolute atomic E-state index is 0.0365. The second-order valence-electron chi connectivity index (χ2n) is 16.1. The van der Waals surface area contributed by atoms with Gasteiger partial charge in [-0.2, -0.15) is 13.5 Å². The largest absolute Gasteiger partial charge is 0.744 e. The zero-order valence-corrected chi connectivity index (χ0v) is 37.1. The molecule has 0 aromatic heterocycles. The topological polar surface area (TPSA) is 189 Å². The molecular weight excluding hydrogens is 797 g/mol. The average molecular weight is 859 g/mol. The second-order valence-corrected chi connectivity index (χ2v) is 18.3. The number of nitrogens with zero attached hydrogens (tertiary/aromatic N) is 2. The van der Waals surface area contributed by atoms with Gasteiger partial charge in [0, 0.05) is 87.2 Å². The fourth-order valence-corrected chi connectivity index (χ4v) is 9.08. The standard InChI is InChI=1S/C43H62N4O10S2/c1-7-55-41(50)19-13-10-16-28-47-32(3)43(6,36-30-34(59(52,53)54)21-23-38(36)47)24-14-8-11-17-39(48)44-25-26-45-40(49)18-12-9-15-27-46-31(2)42(4,5)35-29-33(58-57-56-51)20-22-37(35)46/h20-23,29-30H,7-19,24-28H2,1-6H3,(H2-2,44,45,48,49,51,52,53,54). The summed E-state index contributed by atoms with van der Waals surface area (Å²) in [6, 6.07) is 10.6. The number of amides is 2. The Morgan fingerprint density at radius 2 is 1.31 bits per heavy atom. The summed E-state index contributed by atoms with van der Waals surface area (Å²) in [7, 11) is -4.63. The van der Waals surface area contributed by atoms with Crippen LogP contribution in [0.1, 0.15) is 136 Å². The highest BCUT2D eigenvalue weighted by atomic mass is 32.2. The molecule has 14 nitrogen and oxygen atoms in total. The van der Waals surface area contributed by atoms with Crippen molar-refractivity contribution in [2.45, 2.75) is 146 Å². The maximum atomic E-state index is 12.6. The van der Waals surface area contributed by atoms with E-state index in [1.807, 2.05) is 18.2 Å². The van der Waals surface area contributed by atoms with E-state index in [9.17, 15) is 32.6 Å². The number of fused-ring (bicyclic) bond motifs is 2. The van der Waals surface area contributed by atoms with Crippen LogP contribution in [-0.4, -0.2) is 84.1 Å². The molecule has 326 valence electrons. The molecule has 59 heavy (non-hydrogen) atoms. The average Bonchev–Trinajstić information content (AvgIpc) is 3.52. The summed E-state index contributed by atoms with van der Waals surface area (Å²) in [5.41, 5.74) is 5.69. The molecule has 2 aromatic carbocycles. The monoisotopic (exact) mass is 858 g/mol. The van der Waals surface area contributed by atoms with Gasteiger partial charge in [0.25, 0.3) is 0 Å². The third-order valence-corrected chi connectivity index (χ3v) is 13.3. The van der Waals surface area contributed by atoms with Crippen LogP contribution in [0.15, 0.2) is 46.2 Å². The molecule has 2 N–H and O–H groups in total. The van der Waals surface area contributed by atoms with E-state index < -0.39 is 15.5 Å².